The summed E-state index contributed by atoms with van der Waals surface area (Å²) in [5, 5.41) is 2.89. The van der Waals surface area contributed by atoms with Crippen molar-refractivity contribution in [2.24, 2.45) is 0 Å². The molecule has 130 valence electrons. The first-order chi connectivity index (χ1) is 10.7. The maximum Gasteiger partial charge on any atom is 0.243 e. The van der Waals surface area contributed by atoms with Gasteiger partial charge in [-0.1, -0.05) is 24.6 Å². The Morgan fingerprint density at radius 3 is 2.43 bits per heavy atom. The highest BCUT2D eigenvalue weighted by molar-refractivity contribution is 8.23. The Labute approximate surface area is 148 Å². The van der Waals surface area contributed by atoms with Crippen molar-refractivity contribution in [1.82, 2.24) is 10.2 Å². The molecule has 5 nitrogen and oxygen atoms in total. The van der Waals surface area contributed by atoms with Crippen molar-refractivity contribution in [3.8, 4) is 12.3 Å². The van der Waals surface area contributed by atoms with Crippen LogP contribution in [0, 0.1) is 12.3 Å². The van der Waals surface area contributed by atoms with Crippen LogP contribution in [0.15, 0.2) is 0 Å². The van der Waals surface area contributed by atoms with Crippen LogP contribution in [0.25, 0.3) is 0 Å². The molecule has 0 aliphatic carbocycles. The molecular formula is C16H26N2O3S2. The molecule has 7 heteroatoms. The SMILES string of the molecule is C#CCN(C(=O)CSC(=S)OCC)C(CC)C(=O)NC(C)(C)C. The quantitative estimate of drug-likeness (QED) is 0.558. The molecule has 1 N–H and O–H groups in total. The van der Waals surface area contributed by atoms with Crippen LogP contribution in [0.5, 0.6) is 0 Å². The fourth-order valence-corrected chi connectivity index (χ4v) is 2.74. The van der Waals surface area contributed by atoms with E-state index in [0.717, 1.165) is 11.8 Å². The Hall–Kier alpha value is -1.26. The van der Waals surface area contributed by atoms with E-state index >= 15 is 0 Å². The number of terminal acetylenes is 1. The van der Waals surface area contributed by atoms with Crippen LogP contribution in [-0.4, -0.2) is 51.6 Å². The average molecular weight is 359 g/mol. The van der Waals surface area contributed by atoms with Gasteiger partial charge in [0, 0.05) is 5.54 Å². The van der Waals surface area contributed by atoms with E-state index in [9.17, 15) is 9.59 Å². The van der Waals surface area contributed by atoms with Crippen molar-refractivity contribution in [1.29, 1.82) is 0 Å². The first-order valence-electron chi connectivity index (χ1n) is 7.50. The molecule has 0 heterocycles. The van der Waals surface area contributed by atoms with Crippen molar-refractivity contribution < 1.29 is 14.3 Å². The Kier molecular flexibility index (Phi) is 9.93. The second-order valence-corrected chi connectivity index (χ2v) is 7.44. The number of thiocarbonyl (C=S) groups is 1. The number of amides is 2. The van der Waals surface area contributed by atoms with Crippen LogP contribution in [0.1, 0.15) is 41.0 Å². The summed E-state index contributed by atoms with van der Waals surface area (Å²) in [5.41, 5.74) is -0.374. The molecule has 0 saturated heterocycles. The van der Waals surface area contributed by atoms with E-state index in [1.807, 2.05) is 34.6 Å². The van der Waals surface area contributed by atoms with Crippen molar-refractivity contribution in [2.45, 2.75) is 52.6 Å². The largest absolute Gasteiger partial charge is 0.479 e. The highest BCUT2D eigenvalue weighted by Crippen LogP contribution is 2.13. The Morgan fingerprint density at radius 2 is 2.00 bits per heavy atom. The molecule has 0 spiro atoms. The van der Waals surface area contributed by atoms with E-state index in [1.165, 1.54) is 4.90 Å². The van der Waals surface area contributed by atoms with Gasteiger partial charge in [-0.2, -0.15) is 0 Å². The zero-order valence-electron chi connectivity index (χ0n) is 14.5. The fraction of sp³-hybridized carbons (Fsp3) is 0.688. The van der Waals surface area contributed by atoms with Gasteiger partial charge in [-0.25, -0.2) is 0 Å². The average Bonchev–Trinajstić information content (AvgIpc) is 2.43. The van der Waals surface area contributed by atoms with Gasteiger partial charge in [-0.3, -0.25) is 9.59 Å². The molecular weight excluding hydrogens is 332 g/mol. The predicted octanol–water partition coefficient (Wildman–Crippen LogP) is 2.20. The number of ether oxygens (including phenoxy) is 1. The number of hydrogen-bond acceptors (Lipinski definition) is 5. The highest BCUT2D eigenvalue weighted by Gasteiger charge is 2.30. The topological polar surface area (TPSA) is 58.6 Å². The Bertz CT molecular complexity index is 467. The van der Waals surface area contributed by atoms with Gasteiger partial charge in [0.2, 0.25) is 16.2 Å². The van der Waals surface area contributed by atoms with E-state index < -0.39 is 6.04 Å². The highest BCUT2D eigenvalue weighted by atomic mass is 32.2. The molecule has 23 heavy (non-hydrogen) atoms. The normalized spacial score (nSPS) is 12.0. The summed E-state index contributed by atoms with van der Waals surface area (Å²) in [6.45, 7) is 9.88. The summed E-state index contributed by atoms with van der Waals surface area (Å²) in [5.74, 6) is 2.10. The van der Waals surface area contributed by atoms with Gasteiger partial charge in [0.1, 0.15) is 6.04 Å². The second-order valence-electron chi connectivity index (χ2n) is 5.86. The minimum atomic E-state index is -0.598. The summed E-state index contributed by atoms with van der Waals surface area (Å²) < 4.78 is 5.45. The van der Waals surface area contributed by atoms with Crippen LogP contribution >= 0.6 is 24.0 Å². The molecule has 0 aromatic carbocycles. The summed E-state index contributed by atoms with van der Waals surface area (Å²) in [6.07, 6.45) is 5.84. The first kappa shape index (κ1) is 21.7. The molecule has 0 saturated carbocycles. The standard InChI is InChI=1S/C16H26N2O3S2/c1-7-10-18(13(19)11-23-15(22)21-9-3)12(8-2)14(20)17-16(4,5)6/h1,12H,8-11H2,2-6H3,(H,17,20). The molecule has 0 aliphatic heterocycles. The van der Waals surface area contributed by atoms with Gasteiger partial charge in [0.05, 0.1) is 18.9 Å². The second kappa shape index (κ2) is 10.5. The summed E-state index contributed by atoms with van der Waals surface area (Å²) in [6, 6.07) is -0.598. The van der Waals surface area contributed by atoms with Crippen molar-refractivity contribution in [2.75, 3.05) is 18.9 Å². The number of carbonyl (C=O) groups excluding carboxylic acids is 2. The van der Waals surface area contributed by atoms with Crippen LogP contribution in [0.2, 0.25) is 0 Å². The number of hydrogen-bond donors (Lipinski definition) is 1. The number of thioether (sulfide) groups is 1. The molecule has 2 amide bonds. The summed E-state index contributed by atoms with van der Waals surface area (Å²) in [7, 11) is 0. The van der Waals surface area contributed by atoms with E-state index in [0.29, 0.717) is 17.4 Å². The minimum absolute atomic E-state index is 0.0802. The smallest absolute Gasteiger partial charge is 0.243 e. The van der Waals surface area contributed by atoms with E-state index in [1.54, 1.807) is 0 Å². The lowest BCUT2D eigenvalue weighted by Crippen LogP contribution is -2.54. The van der Waals surface area contributed by atoms with Crippen molar-refractivity contribution in [3.05, 3.63) is 0 Å². The molecule has 0 rings (SSSR count). The Balaban J connectivity index is 4.97. The lowest BCUT2D eigenvalue weighted by molar-refractivity contribution is -0.138. The van der Waals surface area contributed by atoms with Gasteiger partial charge >= 0.3 is 0 Å². The van der Waals surface area contributed by atoms with Crippen molar-refractivity contribution >= 4 is 40.2 Å². The number of carbonyl (C=O) groups is 2. The number of nitrogens with zero attached hydrogens (tertiary/aromatic N) is 1. The number of rotatable bonds is 7. The van der Waals surface area contributed by atoms with Gasteiger partial charge in [-0.15, -0.1) is 6.42 Å². The third-order valence-electron chi connectivity index (χ3n) is 2.72. The molecule has 0 aromatic heterocycles. The van der Waals surface area contributed by atoms with Gasteiger partial charge in [0.15, 0.2) is 0 Å². The minimum Gasteiger partial charge on any atom is -0.479 e. The molecule has 0 aromatic rings. The monoisotopic (exact) mass is 358 g/mol. The van der Waals surface area contributed by atoms with Gasteiger partial charge < -0.3 is 15.0 Å². The third-order valence-corrected chi connectivity index (χ3v) is 3.94. The lowest BCUT2D eigenvalue weighted by Gasteiger charge is -2.31. The number of nitrogens with one attached hydrogen (secondary N) is 1. The third kappa shape index (κ3) is 8.82. The zero-order valence-corrected chi connectivity index (χ0v) is 16.1. The maximum atomic E-state index is 12.4. The van der Waals surface area contributed by atoms with Crippen LogP contribution < -0.4 is 5.32 Å². The molecule has 0 fully saturated rings. The summed E-state index contributed by atoms with van der Waals surface area (Å²) in [4.78, 5) is 26.3. The van der Waals surface area contributed by atoms with E-state index in [2.05, 4.69) is 11.2 Å². The first-order valence-corrected chi connectivity index (χ1v) is 8.90. The Morgan fingerprint density at radius 1 is 1.39 bits per heavy atom. The summed E-state index contributed by atoms with van der Waals surface area (Å²) >= 11 is 6.12. The van der Waals surface area contributed by atoms with Crippen LogP contribution in [0.3, 0.4) is 0 Å². The maximum absolute atomic E-state index is 12.4. The van der Waals surface area contributed by atoms with Gasteiger partial charge in [-0.05, 0) is 46.3 Å². The molecule has 1 unspecified atom stereocenters. The predicted molar refractivity (Wildman–Crippen MR) is 99.2 cm³/mol. The molecule has 0 bridgehead atoms. The fourth-order valence-electron chi connectivity index (χ4n) is 1.83. The molecule has 1 atom stereocenters. The zero-order chi connectivity index (χ0) is 18.0. The van der Waals surface area contributed by atoms with E-state index in [4.69, 9.17) is 23.4 Å². The van der Waals surface area contributed by atoms with Crippen LogP contribution in [-0.2, 0) is 14.3 Å². The lowest BCUT2D eigenvalue weighted by atomic mass is 10.1. The molecule has 0 aliphatic rings. The van der Waals surface area contributed by atoms with Crippen LogP contribution in [0.4, 0.5) is 0 Å². The van der Waals surface area contributed by atoms with E-state index in [-0.39, 0.29) is 29.7 Å². The van der Waals surface area contributed by atoms with Gasteiger partial charge in [0.25, 0.3) is 0 Å². The van der Waals surface area contributed by atoms with Crippen molar-refractivity contribution in [3.63, 3.8) is 0 Å². The molecule has 0 radical (unpaired) electrons.